The van der Waals surface area contributed by atoms with Gasteiger partial charge in [0.05, 0.1) is 11.7 Å². The predicted molar refractivity (Wildman–Crippen MR) is 76.8 cm³/mol. The second-order valence-corrected chi connectivity index (χ2v) is 4.95. The van der Waals surface area contributed by atoms with Gasteiger partial charge in [0, 0.05) is 10.4 Å². The highest BCUT2D eigenvalue weighted by Gasteiger charge is 2.13. The van der Waals surface area contributed by atoms with Gasteiger partial charge in [-0.25, -0.2) is 4.98 Å². The van der Waals surface area contributed by atoms with Gasteiger partial charge in [-0.15, -0.1) is 23.7 Å². The lowest BCUT2D eigenvalue weighted by Crippen LogP contribution is -2.03. The highest BCUT2D eigenvalue weighted by molar-refractivity contribution is 7.12. The Kier molecular flexibility index (Phi) is 5.12. The summed E-state index contributed by atoms with van der Waals surface area (Å²) in [5.74, 6) is 0. The molecule has 2 N–H and O–H groups in total. The van der Waals surface area contributed by atoms with Gasteiger partial charge in [0.15, 0.2) is 0 Å². The number of aryl methyl sites for hydroxylation is 1. The highest BCUT2D eigenvalue weighted by Crippen LogP contribution is 2.30. The number of nitrogens with two attached hydrogens (primary N) is 1. The van der Waals surface area contributed by atoms with Crippen molar-refractivity contribution in [2.45, 2.75) is 26.3 Å². The van der Waals surface area contributed by atoms with Gasteiger partial charge < -0.3 is 5.73 Å². The molecular weight excluding hydrogens is 252 g/mol. The van der Waals surface area contributed by atoms with Crippen molar-refractivity contribution in [1.82, 2.24) is 4.98 Å². The number of hydrogen-bond donors (Lipinski definition) is 1. The molecule has 0 aliphatic carbocycles. The Morgan fingerprint density at radius 1 is 1.29 bits per heavy atom. The molecule has 1 unspecified atom stereocenters. The third kappa shape index (κ3) is 3.06. The van der Waals surface area contributed by atoms with Crippen LogP contribution in [0.1, 0.15) is 29.8 Å². The van der Waals surface area contributed by atoms with Gasteiger partial charge in [0.1, 0.15) is 5.01 Å². The summed E-state index contributed by atoms with van der Waals surface area (Å²) in [6, 6.07) is 10.3. The highest BCUT2D eigenvalue weighted by atomic mass is 35.5. The van der Waals surface area contributed by atoms with Crippen LogP contribution in [0.15, 0.2) is 30.3 Å². The Bertz CT molecular complexity index is 466. The van der Waals surface area contributed by atoms with E-state index in [1.165, 1.54) is 10.4 Å². The number of hydrogen-bond acceptors (Lipinski definition) is 3. The lowest BCUT2D eigenvalue weighted by atomic mass is 10.1. The first kappa shape index (κ1) is 14.2. The summed E-state index contributed by atoms with van der Waals surface area (Å²) in [4.78, 5) is 5.96. The summed E-state index contributed by atoms with van der Waals surface area (Å²) in [6.07, 6.45) is 1.01. The quantitative estimate of drug-likeness (QED) is 0.919. The molecule has 0 radical (unpaired) electrons. The minimum absolute atomic E-state index is 0. The van der Waals surface area contributed by atoms with Crippen molar-refractivity contribution >= 4 is 23.7 Å². The number of rotatable bonds is 3. The van der Waals surface area contributed by atoms with Crippen molar-refractivity contribution in [3.05, 3.63) is 40.2 Å². The fourth-order valence-corrected chi connectivity index (χ4v) is 2.61. The van der Waals surface area contributed by atoms with Gasteiger partial charge in [0.25, 0.3) is 0 Å². The molecule has 0 amide bonds. The van der Waals surface area contributed by atoms with Crippen molar-refractivity contribution in [3.63, 3.8) is 0 Å². The molecular formula is C13H17ClN2S. The number of nitrogens with zero attached hydrogens (tertiary/aromatic N) is 1. The Balaban J connectivity index is 0.00000144. The Labute approximate surface area is 112 Å². The Hall–Kier alpha value is -0.900. The summed E-state index contributed by atoms with van der Waals surface area (Å²) in [7, 11) is 0. The standard InChI is InChI=1S/C13H16N2S.ClH/c1-3-11-12(10-7-5-4-6-8-10)15-13(16-11)9(2)14;/h4-9H,3,14H2,1-2H3;1H. The van der Waals surface area contributed by atoms with Crippen molar-refractivity contribution in [1.29, 1.82) is 0 Å². The summed E-state index contributed by atoms with van der Waals surface area (Å²) in [6.45, 7) is 4.14. The number of thiazole rings is 1. The molecule has 0 spiro atoms. The summed E-state index contributed by atoms with van der Waals surface area (Å²) in [5, 5.41) is 1.02. The third-order valence-corrected chi connectivity index (χ3v) is 3.87. The summed E-state index contributed by atoms with van der Waals surface area (Å²) < 4.78 is 0. The molecule has 0 fully saturated rings. The van der Waals surface area contributed by atoms with E-state index in [9.17, 15) is 0 Å². The molecule has 17 heavy (non-hydrogen) atoms. The van der Waals surface area contributed by atoms with E-state index < -0.39 is 0 Å². The van der Waals surface area contributed by atoms with Crippen LogP contribution in [0, 0.1) is 0 Å². The SMILES string of the molecule is CCc1sc(C(C)N)nc1-c1ccccc1.Cl. The maximum atomic E-state index is 5.88. The van der Waals surface area contributed by atoms with Crippen LogP contribution in [0.3, 0.4) is 0 Å². The number of aromatic nitrogens is 1. The van der Waals surface area contributed by atoms with E-state index in [2.05, 4.69) is 24.0 Å². The number of benzene rings is 1. The molecule has 0 aliphatic heterocycles. The molecule has 1 atom stereocenters. The van der Waals surface area contributed by atoms with Gasteiger partial charge >= 0.3 is 0 Å². The molecule has 2 rings (SSSR count). The monoisotopic (exact) mass is 268 g/mol. The van der Waals surface area contributed by atoms with Crippen LogP contribution in [-0.4, -0.2) is 4.98 Å². The Morgan fingerprint density at radius 2 is 1.94 bits per heavy atom. The van der Waals surface area contributed by atoms with Crippen LogP contribution >= 0.6 is 23.7 Å². The van der Waals surface area contributed by atoms with Gasteiger partial charge in [-0.2, -0.15) is 0 Å². The molecule has 2 nitrogen and oxygen atoms in total. The van der Waals surface area contributed by atoms with Gasteiger partial charge in [-0.1, -0.05) is 37.3 Å². The maximum absolute atomic E-state index is 5.88. The van der Waals surface area contributed by atoms with Crippen LogP contribution in [0.4, 0.5) is 0 Å². The van der Waals surface area contributed by atoms with E-state index >= 15 is 0 Å². The van der Waals surface area contributed by atoms with E-state index in [0.717, 1.165) is 17.1 Å². The zero-order valence-corrected chi connectivity index (χ0v) is 11.6. The zero-order valence-electron chi connectivity index (χ0n) is 10.0. The molecule has 0 aliphatic rings. The first-order valence-electron chi connectivity index (χ1n) is 5.53. The topological polar surface area (TPSA) is 38.9 Å². The van der Waals surface area contributed by atoms with E-state index in [4.69, 9.17) is 5.73 Å². The second-order valence-electron chi connectivity index (χ2n) is 3.83. The molecule has 0 saturated carbocycles. The van der Waals surface area contributed by atoms with Gasteiger partial charge in [-0.3, -0.25) is 0 Å². The molecule has 0 saturated heterocycles. The van der Waals surface area contributed by atoms with Crippen LogP contribution in [0.2, 0.25) is 0 Å². The average Bonchev–Trinajstić information content (AvgIpc) is 2.74. The molecule has 1 heterocycles. The normalized spacial score (nSPS) is 11.9. The van der Waals surface area contributed by atoms with Gasteiger partial charge in [-0.05, 0) is 13.3 Å². The molecule has 92 valence electrons. The number of halogens is 1. The molecule has 4 heteroatoms. The molecule has 2 aromatic rings. The van der Waals surface area contributed by atoms with Gasteiger partial charge in [0.2, 0.25) is 0 Å². The molecule has 1 aromatic carbocycles. The minimum atomic E-state index is 0. The van der Waals surface area contributed by atoms with Crippen molar-refractivity contribution in [2.75, 3.05) is 0 Å². The van der Waals surface area contributed by atoms with Crippen molar-refractivity contribution < 1.29 is 0 Å². The first-order chi connectivity index (χ1) is 7.72. The summed E-state index contributed by atoms with van der Waals surface area (Å²) >= 11 is 1.73. The predicted octanol–water partition coefficient (Wildman–Crippen LogP) is 3.81. The molecule has 0 bridgehead atoms. The van der Waals surface area contributed by atoms with E-state index in [0.29, 0.717) is 0 Å². The Morgan fingerprint density at radius 3 is 2.47 bits per heavy atom. The maximum Gasteiger partial charge on any atom is 0.110 e. The van der Waals surface area contributed by atoms with E-state index in [1.807, 2.05) is 25.1 Å². The second kappa shape index (κ2) is 6.15. The average molecular weight is 269 g/mol. The lowest BCUT2D eigenvalue weighted by molar-refractivity contribution is 0.808. The third-order valence-electron chi connectivity index (χ3n) is 2.47. The van der Waals surface area contributed by atoms with Crippen LogP contribution in [0.5, 0.6) is 0 Å². The fourth-order valence-electron chi connectivity index (χ4n) is 1.63. The molecule has 1 aromatic heterocycles. The largest absolute Gasteiger partial charge is 0.322 e. The fraction of sp³-hybridized carbons (Fsp3) is 0.308. The van der Waals surface area contributed by atoms with Crippen LogP contribution < -0.4 is 5.73 Å². The minimum Gasteiger partial charge on any atom is -0.322 e. The lowest BCUT2D eigenvalue weighted by Gasteiger charge is -1.99. The van der Waals surface area contributed by atoms with Crippen LogP contribution in [0.25, 0.3) is 11.3 Å². The zero-order chi connectivity index (χ0) is 11.5. The smallest absolute Gasteiger partial charge is 0.110 e. The first-order valence-corrected chi connectivity index (χ1v) is 6.34. The van der Waals surface area contributed by atoms with Crippen molar-refractivity contribution in [3.8, 4) is 11.3 Å². The van der Waals surface area contributed by atoms with E-state index in [-0.39, 0.29) is 18.4 Å². The van der Waals surface area contributed by atoms with Crippen molar-refractivity contribution in [2.24, 2.45) is 5.73 Å². The van der Waals surface area contributed by atoms with E-state index in [1.54, 1.807) is 11.3 Å². The van der Waals surface area contributed by atoms with Crippen LogP contribution in [-0.2, 0) is 6.42 Å². The summed E-state index contributed by atoms with van der Waals surface area (Å²) in [5.41, 5.74) is 8.16.